The van der Waals surface area contributed by atoms with Gasteiger partial charge in [0, 0.05) is 27.7 Å². The molecule has 3 N–H and O–H groups in total. The van der Waals surface area contributed by atoms with Gasteiger partial charge in [-0.05, 0) is 65.1 Å². The predicted octanol–water partition coefficient (Wildman–Crippen LogP) is 5.88. The molecule has 0 aliphatic carbocycles. The van der Waals surface area contributed by atoms with Crippen LogP contribution in [-0.4, -0.2) is 35.5 Å². The Hall–Kier alpha value is -3.11. The molecule has 0 saturated heterocycles. The van der Waals surface area contributed by atoms with Crippen molar-refractivity contribution >= 4 is 51.1 Å². The van der Waals surface area contributed by atoms with Gasteiger partial charge >= 0.3 is 12.1 Å². The van der Waals surface area contributed by atoms with Crippen LogP contribution in [0.5, 0.6) is 5.75 Å². The summed E-state index contributed by atoms with van der Waals surface area (Å²) in [4.78, 5) is 23.6. The first-order chi connectivity index (χ1) is 15.9. The number of anilines is 1. The maximum atomic E-state index is 12.9. The Balaban J connectivity index is 1.85. The fraction of sp³-hybridized carbons (Fsp3) is 0.200. The third-order valence-electron chi connectivity index (χ3n) is 5.08. The van der Waals surface area contributed by atoms with Crippen molar-refractivity contribution in [1.29, 1.82) is 0 Å². The average molecular weight is 561 g/mol. The zero-order valence-electron chi connectivity index (χ0n) is 17.9. The maximum Gasteiger partial charge on any atom is 0.412 e. The van der Waals surface area contributed by atoms with Crippen LogP contribution < -0.4 is 5.32 Å². The Labute approximate surface area is 205 Å². The topological polar surface area (TPSA) is 105 Å². The number of halogens is 1. The van der Waals surface area contributed by atoms with E-state index in [1.54, 1.807) is 18.2 Å². The monoisotopic (exact) mass is 561 g/mol. The van der Waals surface area contributed by atoms with E-state index in [0.29, 0.717) is 24.1 Å². The summed E-state index contributed by atoms with van der Waals surface area (Å²) in [6, 6.07) is 18.2. The van der Waals surface area contributed by atoms with Crippen LogP contribution in [0.3, 0.4) is 0 Å². The number of methoxy groups -OCH3 is 1. The molecule has 0 unspecified atom stereocenters. The Kier molecular flexibility index (Phi) is 8.67. The quantitative estimate of drug-likeness (QED) is 0.223. The molecule has 7 nitrogen and oxygen atoms in total. The molecule has 0 aliphatic rings. The molecular weight excluding hydrogens is 537 g/mol. The van der Waals surface area contributed by atoms with Gasteiger partial charge in [-0.3, -0.25) is 5.32 Å². The molecule has 172 valence electrons. The summed E-state index contributed by atoms with van der Waals surface area (Å²) < 4.78 is 12.2. The van der Waals surface area contributed by atoms with Crippen LogP contribution in [0.1, 0.15) is 24.5 Å². The second kappa shape index (κ2) is 11.7. The number of amides is 1. The van der Waals surface area contributed by atoms with Crippen LogP contribution in [0.2, 0.25) is 0 Å². The van der Waals surface area contributed by atoms with Crippen LogP contribution in [0.4, 0.5) is 10.5 Å². The number of carboxylic acids is 1. The largest absolute Gasteiger partial charge is 0.508 e. The molecule has 33 heavy (non-hydrogen) atoms. The average Bonchev–Trinajstić information content (AvgIpc) is 2.80. The van der Waals surface area contributed by atoms with Crippen molar-refractivity contribution in [3.63, 3.8) is 0 Å². The lowest BCUT2D eigenvalue weighted by atomic mass is 9.99. The van der Waals surface area contributed by atoms with E-state index in [4.69, 9.17) is 14.6 Å². The number of rotatable bonds is 9. The second-order valence-electron chi connectivity index (χ2n) is 7.27. The molecule has 0 aromatic heterocycles. The van der Waals surface area contributed by atoms with Crippen LogP contribution >= 0.6 is 22.6 Å². The highest BCUT2D eigenvalue weighted by Crippen LogP contribution is 2.34. The molecule has 0 spiro atoms. The third kappa shape index (κ3) is 6.69. The molecule has 0 saturated carbocycles. The third-order valence-corrected chi connectivity index (χ3v) is 5.75. The van der Waals surface area contributed by atoms with E-state index in [0.717, 1.165) is 20.4 Å². The van der Waals surface area contributed by atoms with Crippen LogP contribution in [0.25, 0.3) is 10.8 Å². The Morgan fingerprint density at radius 2 is 1.88 bits per heavy atom. The number of ether oxygens (including phenoxy) is 2. The predicted molar refractivity (Wildman–Crippen MR) is 134 cm³/mol. The van der Waals surface area contributed by atoms with Gasteiger partial charge in [-0.25, -0.2) is 9.59 Å². The van der Waals surface area contributed by atoms with Gasteiger partial charge in [0.1, 0.15) is 5.75 Å². The highest BCUT2D eigenvalue weighted by Gasteiger charge is 2.29. The summed E-state index contributed by atoms with van der Waals surface area (Å²) in [7, 11) is 1.48. The highest BCUT2D eigenvalue weighted by molar-refractivity contribution is 14.1. The minimum atomic E-state index is -1.04. The number of nitrogens with one attached hydrogen (secondary N) is 1. The highest BCUT2D eigenvalue weighted by atomic mass is 127. The molecule has 0 heterocycles. The van der Waals surface area contributed by atoms with E-state index in [1.165, 1.54) is 19.3 Å². The lowest BCUT2D eigenvalue weighted by Gasteiger charge is -2.27. The minimum absolute atomic E-state index is 0.0264. The number of carbonyl (C=O) groups excluding carboxylic acids is 1. The Morgan fingerprint density at radius 3 is 2.64 bits per heavy atom. The van der Waals surface area contributed by atoms with E-state index < -0.39 is 24.3 Å². The van der Waals surface area contributed by atoms with Crippen molar-refractivity contribution in [3.8, 4) is 5.75 Å². The van der Waals surface area contributed by atoms with Gasteiger partial charge < -0.3 is 19.7 Å². The fourth-order valence-corrected chi connectivity index (χ4v) is 4.03. The normalized spacial score (nSPS) is 13.0. The van der Waals surface area contributed by atoms with Crippen molar-refractivity contribution in [2.75, 3.05) is 12.4 Å². The molecule has 0 aliphatic heterocycles. The van der Waals surface area contributed by atoms with Crippen LogP contribution in [0, 0.1) is 3.57 Å². The number of allylic oxidation sites excluding steroid dienone is 1. The Morgan fingerprint density at radius 1 is 1.12 bits per heavy atom. The molecule has 3 aromatic carbocycles. The van der Waals surface area contributed by atoms with Gasteiger partial charge in [-0.15, -0.1) is 0 Å². The Bertz CT molecular complexity index is 1160. The number of carbonyl (C=O) groups is 2. The zero-order valence-corrected chi connectivity index (χ0v) is 20.1. The number of benzene rings is 3. The standard InChI is InChI=1S/C25H24INO6/c1-32-22(11-4-5-12-23(29)30)24(19-15-17(26)13-14-21(19)28)33-25(31)27-20-10-6-8-16-7-2-3-9-18(16)20/h2-3,5-10,12-15,22,24,28H,4,11H2,1H3,(H,27,31)(H,29,30)/b12-5+/t22-,24-/m0/s1. The van der Waals surface area contributed by atoms with Crippen LogP contribution in [-0.2, 0) is 14.3 Å². The molecule has 2 atom stereocenters. The molecular formula is C25H24INO6. The van der Waals surface area contributed by atoms with Crippen molar-refractivity contribution in [2.24, 2.45) is 0 Å². The molecule has 0 radical (unpaired) electrons. The van der Waals surface area contributed by atoms with E-state index >= 15 is 0 Å². The zero-order chi connectivity index (χ0) is 23.8. The molecule has 1 amide bonds. The van der Waals surface area contributed by atoms with E-state index in [9.17, 15) is 14.7 Å². The van der Waals surface area contributed by atoms with Crippen molar-refractivity contribution < 1.29 is 29.3 Å². The number of aliphatic carboxylic acids is 1. The first-order valence-electron chi connectivity index (χ1n) is 10.2. The second-order valence-corrected chi connectivity index (χ2v) is 8.52. The van der Waals surface area contributed by atoms with Gasteiger partial charge in [0.15, 0.2) is 6.10 Å². The van der Waals surface area contributed by atoms with Crippen molar-refractivity contribution in [3.05, 3.63) is 81.9 Å². The summed E-state index contributed by atoms with van der Waals surface area (Å²) in [5, 5.41) is 23.9. The van der Waals surface area contributed by atoms with E-state index in [-0.39, 0.29) is 5.75 Å². The molecule has 0 fully saturated rings. The number of phenols is 1. The summed E-state index contributed by atoms with van der Waals surface area (Å²) in [5.74, 6) is -1.07. The molecule has 3 rings (SSSR count). The van der Waals surface area contributed by atoms with Gasteiger partial charge in [-0.1, -0.05) is 42.5 Å². The van der Waals surface area contributed by atoms with Gasteiger partial charge in [0.2, 0.25) is 0 Å². The van der Waals surface area contributed by atoms with Gasteiger partial charge in [0.25, 0.3) is 0 Å². The first-order valence-corrected chi connectivity index (χ1v) is 11.3. The maximum absolute atomic E-state index is 12.9. The lowest BCUT2D eigenvalue weighted by Crippen LogP contribution is -2.28. The number of hydrogen-bond donors (Lipinski definition) is 3. The first kappa shape index (κ1) is 24.5. The van der Waals surface area contributed by atoms with Gasteiger partial charge in [-0.2, -0.15) is 0 Å². The number of aromatic hydroxyl groups is 1. The summed E-state index contributed by atoms with van der Waals surface area (Å²) in [6.07, 6.45) is 1.09. The van der Waals surface area contributed by atoms with E-state index in [2.05, 4.69) is 27.9 Å². The summed E-state index contributed by atoms with van der Waals surface area (Å²) in [5.41, 5.74) is 1.01. The lowest BCUT2D eigenvalue weighted by molar-refractivity contribution is -0.131. The summed E-state index contributed by atoms with van der Waals surface area (Å²) in [6.45, 7) is 0. The smallest absolute Gasteiger partial charge is 0.412 e. The number of fused-ring (bicyclic) bond motifs is 1. The number of carboxylic acid groups (broad SMARTS) is 1. The van der Waals surface area contributed by atoms with Crippen molar-refractivity contribution in [1.82, 2.24) is 0 Å². The molecule has 8 heteroatoms. The summed E-state index contributed by atoms with van der Waals surface area (Å²) >= 11 is 2.11. The fourth-order valence-electron chi connectivity index (χ4n) is 3.52. The number of hydrogen-bond acceptors (Lipinski definition) is 5. The SMILES string of the molecule is CO[C@@H](CC/C=C/C(=O)O)[C@@H](OC(=O)Nc1cccc2ccccc12)c1cc(I)ccc1O. The van der Waals surface area contributed by atoms with Crippen molar-refractivity contribution in [2.45, 2.75) is 25.0 Å². The molecule has 3 aromatic rings. The number of phenolic OH excluding ortho intramolecular Hbond substituents is 1. The van der Waals surface area contributed by atoms with Crippen LogP contribution in [0.15, 0.2) is 72.8 Å². The minimum Gasteiger partial charge on any atom is -0.508 e. The van der Waals surface area contributed by atoms with Gasteiger partial charge in [0.05, 0.1) is 11.8 Å². The van der Waals surface area contributed by atoms with E-state index in [1.807, 2.05) is 36.4 Å². The molecule has 0 bridgehead atoms.